The van der Waals surface area contributed by atoms with Crippen LogP contribution in [0.1, 0.15) is 11.1 Å². The molecule has 0 bridgehead atoms. The number of anilines is 1. The number of hydrogen-bond acceptors (Lipinski definition) is 4. The molecule has 0 spiro atoms. The fourth-order valence-corrected chi connectivity index (χ4v) is 2.96. The van der Waals surface area contributed by atoms with Crippen LogP contribution in [0, 0.1) is 6.92 Å². The minimum atomic E-state index is -3.38. The van der Waals surface area contributed by atoms with Gasteiger partial charge in [0.05, 0.1) is 22.7 Å². The summed E-state index contributed by atoms with van der Waals surface area (Å²) in [5.74, 6) is -0.124. The van der Waals surface area contributed by atoms with Crippen LogP contribution in [0.5, 0.6) is 5.75 Å². The number of aryl methyl sites for hydroxylation is 1. The zero-order valence-corrected chi connectivity index (χ0v) is 14.7. The van der Waals surface area contributed by atoms with Crippen LogP contribution < -0.4 is 4.72 Å². The molecule has 122 valence electrons. The van der Waals surface area contributed by atoms with Gasteiger partial charge in [0.2, 0.25) is 10.0 Å². The van der Waals surface area contributed by atoms with Crippen LogP contribution >= 0.6 is 23.2 Å². The van der Waals surface area contributed by atoms with Gasteiger partial charge in [-0.15, -0.1) is 0 Å². The Morgan fingerprint density at radius 3 is 2.57 bits per heavy atom. The Kier molecular flexibility index (Phi) is 5.19. The molecule has 0 heterocycles. The van der Waals surface area contributed by atoms with Crippen molar-refractivity contribution >= 4 is 50.8 Å². The second-order valence-electron chi connectivity index (χ2n) is 4.96. The number of nitrogens with zero attached hydrogens (tertiary/aromatic N) is 1. The first-order valence-electron chi connectivity index (χ1n) is 6.46. The second-order valence-corrected chi connectivity index (χ2v) is 7.55. The predicted molar refractivity (Wildman–Crippen MR) is 95.0 cm³/mol. The molecule has 0 aliphatic rings. The Labute approximate surface area is 144 Å². The molecule has 0 amide bonds. The summed E-state index contributed by atoms with van der Waals surface area (Å²) in [5, 5.41) is 10.4. The summed E-state index contributed by atoms with van der Waals surface area (Å²) in [6.45, 7) is 1.78. The lowest BCUT2D eigenvalue weighted by Gasteiger charge is -2.08. The minimum absolute atomic E-state index is 0.124. The van der Waals surface area contributed by atoms with Crippen molar-refractivity contribution in [1.29, 1.82) is 0 Å². The maximum Gasteiger partial charge on any atom is 0.229 e. The van der Waals surface area contributed by atoms with Gasteiger partial charge in [0, 0.05) is 16.8 Å². The first-order chi connectivity index (χ1) is 10.7. The largest absolute Gasteiger partial charge is 0.506 e. The molecule has 0 aliphatic heterocycles. The number of sulfonamides is 1. The zero-order valence-electron chi connectivity index (χ0n) is 12.3. The summed E-state index contributed by atoms with van der Waals surface area (Å²) >= 11 is 11.7. The van der Waals surface area contributed by atoms with Crippen molar-refractivity contribution < 1.29 is 13.5 Å². The highest BCUT2D eigenvalue weighted by atomic mass is 35.5. The average molecular weight is 373 g/mol. The molecule has 0 atom stereocenters. The van der Waals surface area contributed by atoms with Gasteiger partial charge in [0.25, 0.3) is 0 Å². The molecular formula is C15H14Cl2N2O3S. The second kappa shape index (κ2) is 6.78. The summed E-state index contributed by atoms with van der Waals surface area (Å²) < 4.78 is 25.1. The van der Waals surface area contributed by atoms with E-state index in [0.717, 1.165) is 11.8 Å². The van der Waals surface area contributed by atoms with E-state index in [9.17, 15) is 13.5 Å². The average Bonchev–Trinajstić information content (AvgIpc) is 2.43. The van der Waals surface area contributed by atoms with Crippen LogP contribution in [-0.2, 0) is 10.0 Å². The van der Waals surface area contributed by atoms with E-state index < -0.39 is 10.0 Å². The Hall–Kier alpha value is -1.76. The van der Waals surface area contributed by atoms with Crippen LogP contribution in [0.25, 0.3) is 0 Å². The molecule has 0 radical (unpaired) electrons. The third kappa shape index (κ3) is 4.86. The molecule has 0 aliphatic carbocycles. The Balaban J connectivity index is 2.36. The monoisotopic (exact) mass is 372 g/mol. The van der Waals surface area contributed by atoms with E-state index in [0.29, 0.717) is 22.0 Å². The number of phenols is 1. The summed E-state index contributed by atoms with van der Waals surface area (Å²) in [6, 6.07) is 8.01. The van der Waals surface area contributed by atoms with Crippen molar-refractivity contribution in [1.82, 2.24) is 0 Å². The maximum absolute atomic E-state index is 11.4. The summed E-state index contributed by atoms with van der Waals surface area (Å²) in [7, 11) is -3.38. The van der Waals surface area contributed by atoms with E-state index in [-0.39, 0.29) is 10.8 Å². The summed E-state index contributed by atoms with van der Waals surface area (Å²) in [4.78, 5) is 4.21. The van der Waals surface area contributed by atoms with Gasteiger partial charge in [0.15, 0.2) is 0 Å². The van der Waals surface area contributed by atoms with Crippen molar-refractivity contribution in [3.8, 4) is 5.75 Å². The number of halogens is 2. The fraction of sp³-hybridized carbons (Fsp3) is 0.133. The highest BCUT2D eigenvalue weighted by molar-refractivity contribution is 7.92. The molecular weight excluding hydrogens is 359 g/mol. The summed E-state index contributed by atoms with van der Waals surface area (Å²) in [6.07, 6.45) is 2.48. The normalized spacial score (nSPS) is 11.8. The predicted octanol–water partition coefficient (Wildman–Crippen LogP) is 4.13. The van der Waals surface area contributed by atoms with Crippen LogP contribution in [0.4, 0.5) is 11.4 Å². The standard InChI is InChI=1S/C15H14Cl2N2O3S/c1-9-3-4-12(7-14(9)19-23(2,21)22)18-8-10-5-11(16)6-13(17)15(10)20/h3-8,19-20H,1-2H3. The van der Waals surface area contributed by atoms with Gasteiger partial charge in [-0.3, -0.25) is 9.71 Å². The number of rotatable bonds is 4. The molecule has 0 fully saturated rings. The Morgan fingerprint density at radius 2 is 1.91 bits per heavy atom. The van der Waals surface area contributed by atoms with Crippen molar-refractivity contribution in [2.24, 2.45) is 4.99 Å². The molecule has 0 unspecified atom stereocenters. The molecule has 5 nitrogen and oxygen atoms in total. The lowest BCUT2D eigenvalue weighted by molar-refractivity contribution is 0.475. The molecule has 2 aromatic carbocycles. The molecule has 0 saturated heterocycles. The van der Waals surface area contributed by atoms with E-state index in [4.69, 9.17) is 23.2 Å². The van der Waals surface area contributed by atoms with E-state index >= 15 is 0 Å². The molecule has 23 heavy (non-hydrogen) atoms. The third-order valence-electron chi connectivity index (χ3n) is 2.93. The molecule has 2 N–H and O–H groups in total. The minimum Gasteiger partial charge on any atom is -0.506 e. The highest BCUT2D eigenvalue weighted by Gasteiger charge is 2.07. The van der Waals surface area contributed by atoms with Crippen molar-refractivity contribution in [2.75, 3.05) is 11.0 Å². The number of phenolic OH excluding ortho intramolecular Hbond substituents is 1. The molecule has 2 aromatic rings. The van der Waals surface area contributed by atoms with E-state index in [2.05, 4.69) is 9.71 Å². The first kappa shape index (κ1) is 17.6. The molecule has 0 saturated carbocycles. The lowest BCUT2D eigenvalue weighted by Crippen LogP contribution is -2.10. The Morgan fingerprint density at radius 1 is 1.22 bits per heavy atom. The molecule has 2 rings (SSSR count). The number of hydrogen-bond donors (Lipinski definition) is 2. The van der Waals surface area contributed by atoms with Gasteiger partial charge in [-0.2, -0.15) is 0 Å². The number of aliphatic imine (C=N–C) groups is 1. The van der Waals surface area contributed by atoms with Crippen LogP contribution in [0.3, 0.4) is 0 Å². The van der Waals surface area contributed by atoms with Crippen molar-refractivity contribution in [3.05, 3.63) is 51.5 Å². The van der Waals surface area contributed by atoms with E-state index in [1.165, 1.54) is 18.3 Å². The lowest BCUT2D eigenvalue weighted by atomic mass is 10.2. The van der Waals surface area contributed by atoms with E-state index in [1.54, 1.807) is 25.1 Å². The smallest absolute Gasteiger partial charge is 0.229 e. The van der Waals surface area contributed by atoms with Gasteiger partial charge >= 0.3 is 0 Å². The quantitative estimate of drug-likeness (QED) is 0.791. The summed E-state index contributed by atoms with van der Waals surface area (Å²) in [5.41, 5.74) is 2.08. The number of benzene rings is 2. The third-order valence-corrected chi connectivity index (χ3v) is 4.02. The van der Waals surface area contributed by atoms with Gasteiger partial charge in [-0.05, 0) is 36.8 Å². The van der Waals surface area contributed by atoms with Gasteiger partial charge < -0.3 is 5.11 Å². The Bertz CT molecular complexity index is 881. The van der Waals surface area contributed by atoms with Crippen LogP contribution in [0.2, 0.25) is 10.0 Å². The van der Waals surface area contributed by atoms with Gasteiger partial charge in [-0.25, -0.2) is 8.42 Å². The SMILES string of the molecule is Cc1ccc(N=Cc2cc(Cl)cc(Cl)c2O)cc1NS(C)(=O)=O. The number of nitrogens with one attached hydrogen (secondary N) is 1. The van der Waals surface area contributed by atoms with Crippen molar-refractivity contribution in [2.45, 2.75) is 6.92 Å². The van der Waals surface area contributed by atoms with E-state index in [1.807, 2.05) is 0 Å². The van der Waals surface area contributed by atoms with Crippen LogP contribution in [0.15, 0.2) is 35.3 Å². The highest BCUT2D eigenvalue weighted by Crippen LogP contribution is 2.30. The zero-order chi connectivity index (χ0) is 17.2. The molecule has 8 heteroatoms. The number of aromatic hydroxyl groups is 1. The fourth-order valence-electron chi connectivity index (χ4n) is 1.83. The first-order valence-corrected chi connectivity index (χ1v) is 9.11. The maximum atomic E-state index is 11.4. The van der Waals surface area contributed by atoms with Gasteiger partial charge in [0.1, 0.15) is 5.75 Å². The van der Waals surface area contributed by atoms with Crippen molar-refractivity contribution in [3.63, 3.8) is 0 Å². The topological polar surface area (TPSA) is 78.8 Å². The molecule has 0 aromatic heterocycles. The van der Waals surface area contributed by atoms with Gasteiger partial charge in [-0.1, -0.05) is 29.3 Å². The van der Waals surface area contributed by atoms with Crippen LogP contribution in [-0.4, -0.2) is 26.0 Å².